The minimum atomic E-state index is -0.266. The van der Waals surface area contributed by atoms with Gasteiger partial charge in [0.15, 0.2) is 0 Å². The van der Waals surface area contributed by atoms with Gasteiger partial charge in [-0.1, -0.05) is 19.1 Å². The maximum Gasteiger partial charge on any atom is 0.297 e. The Balaban J connectivity index is 1.83. The van der Waals surface area contributed by atoms with E-state index in [1.807, 2.05) is 31.2 Å². The Labute approximate surface area is 124 Å². The summed E-state index contributed by atoms with van der Waals surface area (Å²) in [7, 11) is 0. The van der Waals surface area contributed by atoms with Gasteiger partial charge in [-0.3, -0.25) is 9.36 Å². The molecule has 4 aromatic rings. The maximum atomic E-state index is 12.5. The van der Waals surface area contributed by atoms with Crippen LogP contribution in [0.4, 0.5) is 0 Å². The van der Waals surface area contributed by atoms with Crippen molar-refractivity contribution in [3.05, 3.63) is 52.7 Å². The fraction of sp³-hybridized carbons (Fsp3) is 0.200. The molecule has 0 aliphatic rings. The predicted molar refractivity (Wildman–Crippen MR) is 78.6 cm³/mol. The standard InChI is InChI=1S/C15H12N4O3/c1-2-11-17-18-12(22-11)7-19-8-16-13-9-5-3-4-6-10(9)21-14(13)15(19)20/h3-6,8H,2,7H2,1H3. The van der Waals surface area contributed by atoms with Crippen molar-refractivity contribution < 1.29 is 8.83 Å². The van der Waals surface area contributed by atoms with Crippen molar-refractivity contribution in [3.8, 4) is 0 Å². The van der Waals surface area contributed by atoms with Gasteiger partial charge in [0.1, 0.15) is 17.6 Å². The van der Waals surface area contributed by atoms with Crippen LogP contribution in [0.15, 0.2) is 44.2 Å². The van der Waals surface area contributed by atoms with Crippen LogP contribution < -0.4 is 5.56 Å². The summed E-state index contributed by atoms with van der Waals surface area (Å²) in [5, 5.41) is 8.62. The first kappa shape index (κ1) is 12.8. The molecule has 3 aromatic heterocycles. The van der Waals surface area contributed by atoms with Gasteiger partial charge < -0.3 is 8.83 Å². The van der Waals surface area contributed by atoms with Gasteiger partial charge in [-0.05, 0) is 12.1 Å². The molecular formula is C15H12N4O3. The van der Waals surface area contributed by atoms with E-state index in [-0.39, 0.29) is 17.7 Å². The minimum Gasteiger partial charge on any atom is -0.448 e. The number of rotatable bonds is 3. The average Bonchev–Trinajstić information content (AvgIpc) is 3.14. The molecule has 22 heavy (non-hydrogen) atoms. The summed E-state index contributed by atoms with van der Waals surface area (Å²) in [4.78, 5) is 16.9. The van der Waals surface area contributed by atoms with Crippen LogP contribution in [0.1, 0.15) is 18.7 Å². The monoisotopic (exact) mass is 296 g/mol. The number of furan rings is 1. The van der Waals surface area contributed by atoms with Crippen LogP contribution in [0, 0.1) is 0 Å². The summed E-state index contributed by atoms with van der Waals surface area (Å²) in [6, 6.07) is 7.43. The Morgan fingerprint density at radius 3 is 2.77 bits per heavy atom. The molecule has 0 radical (unpaired) electrons. The van der Waals surface area contributed by atoms with Crippen molar-refractivity contribution >= 4 is 22.1 Å². The lowest BCUT2D eigenvalue weighted by Gasteiger charge is -2.00. The first-order valence-electron chi connectivity index (χ1n) is 6.94. The summed E-state index contributed by atoms with van der Waals surface area (Å²) in [6.45, 7) is 2.09. The molecule has 0 saturated carbocycles. The summed E-state index contributed by atoms with van der Waals surface area (Å²) in [6.07, 6.45) is 2.13. The van der Waals surface area contributed by atoms with Gasteiger partial charge in [0.25, 0.3) is 5.56 Å². The normalized spacial score (nSPS) is 11.5. The Kier molecular flexibility index (Phi) is 2.78. The Morgan fingerprint density at radius 2 is 1.95 bits per heavy atom. The lowest BCUT2D eigenvalue weighted by Crippen LogP contribution is -2.20. The topological polar surface area (TPSA) is 87.0 Å². The summed E-state index contributed by atoms with van der Waals surface area (Å²) in [5.41, 5.74) is 1.18. The Morgan fingerprint density at radius 1 is 1.14 bits per heavy atom. The largest absolute Gasteiger partial charge is 0.448 e. The van der Waals surface area contributed by atoms with Gasteiger partial charge in [0.05, 0.1) is 6.33 Å². The van der Waals surface area contributed by atoms with Crippen LogP contribution in [-0.4, -0.2) is 19.7 Å². The number of benzene rings is 1. The maximum absolute atomic E-state index is 12.5. The SMILES string of the molecule is CCc1nnc(Cn2cnc3c(oc4ccccc43)c2=O)o1. The zero-order valence-electron chi connectivity index (χ0n) is 11.8. The van der Waals surface area contributed by atoms with E-state index in [1.165, 1.54) is 10.9 Å². The highest BCUT2D eigenvalue weighted by Crippen LogP contribution is 2.24. The molecule has 110 valence electrons. The van der Waals surface area contributed by atoms with Crippen molar-refractivity contribution in [2.45, 2.75) is 19.9 Å². The van der Waals surface area contributed by atoms with Crippen molar-refractivity contribution in [3.63, 3.8) is 0 Å². The molecule has 1 aromatic carbocycles. The van der Waals surface area contributed by atoms with Gasteiger partial charge in [-0.2, -0.15) is 0 Å². The molecule has 0 atom stereocenters. The molecule has 0 unspecified atom stereocenters. The van der Waals surface area contributed by atoms with Crippen LogP contribution >= 0.6 is 0 Å². The number of aromatic nitrogens is 4. The average molecular weight is 296 g/mol. The van der Waals surface area contributed by atoms with Gasteiger partial charge >= 0.3 is 0 Å². The second-order valence-electron chi connectivity index (χ2n) is 4.90. The van der Waals surface area contributed by atoms with E-state index in [0.29, 0.717) is 29.3 Å². The van der Waals surface area contributed by atoms with Crippen LogP contribution in [0.3, 0.4) is 0 Å². The van der Waals surface area contributed by atoms with E-state index in [9.17, 15) is 4.79 Å². The molecule has 0 aliphatic carbocycles. The van der Waals surface area contributed by atoms with Crippen LogP contribution in [0.5, 0.6) is 0 Å². The molecule has 0 spiro atoms. The van der Waals surface area contributed by atoms with Crippen molar-refractivity contribution in [2.24, 2.45) is 0 Å². The van der Waals surface area contributed by atoms with E-state index in [4.69, 9.17) is 8.83 Å². The van der Waals surface area contributed by atoms with Crippen LogP contribution in [0.25, 0.3) is 22.1 Å². The molecule has 0 fully saturated rings. The van der Waals surface area contributed by atoms with E-state index < -0.39 is 0 Å². The molecule has 7 heteroatoms. The summed E-state index contributed by atoms with van der Waals surface area (Å²) < 4.78 is 12.4. The third-order valence-corrected chi connectivity index (χ3v) is 3.47. The molecule has 0 bridgehead atoms. The fourth-order valence-corrected chi connectivity index (χ4v) is 2.37. The van der Waals surface area contributed by atoms with E-state index >= 15 is 0 Å². The van der Waals surface area contributed by atoms with E-state index in [0.717, 1.165) is 5.39 Å². The second-order valence-corrected chi connectivity index (χ2v) is 4.90. The van der Waals surface area contributed by atoms with E-state index in [1.54, 1.807) is 0 Å². The Bertz CT molecular complexity index is 1030. The zero-order valence-corrected chi connectivity index (χ0v) is 11.8. The minimum absolute atomic E-state index is 0.172. The van der Waals surface area contributed by atoms with Gasteiger partial charge in [0, 0.05) is 11.8 Å². The molecule has 0 N–H and O–H groups in total. The predicted octanol–water partition coefficient (Wildman–Crippen LogP) is 2.14. The number of hydrogen-bond donors (Lipinski definition) is 0. The van der Waals surface area contributed by atoms with Gasteiger partial charge in [-0.25, -0.2) is 4.98 Å². The van der Waals surface area contributed by atoms with Gasteiger partial charge in [0.2, 0.25) is 17.4 Å². The molecule has 0 aliphatic heterocycles. The summed E-state index contributed by atoms with van der Waals surface area (Å²) >= 11 is 0. The molecule has 0 saturated heterocycles. The van der Waals surface area contributed by atoms with Crippen LogP contribution in [0.2, 0.25) is 0 Å². The van der Waals surface area contributed by atoms with Crippen molar-refractivity contribution in [2.75, 3.05) is 0 Å². The molecule has 3 heterocycles. The molecule has 4 rings (SSSR count). The second kappa shape index (κ2) is 4.80. The molecule has 7 nitrogen and oxygen atoms in total. The first-order valence-corrected chi connectivity index (χ1v) is 6.94. The van der Waals surface area contributed by atoms with Crippen molar-refractivity contribution in [1.29, 1.82) is 0 Å². The lowest BCUT2D eigenvalue weighted by atomic mass is 10.2. The fourth-order valence-electron chi connectivity index (χ4n) is 2.37. The summed E-state index contributed by atoms with van der Waals surface area (Å²) in [5.74, 6) is 0.914. The van der Waals surface area contributed by atoms with Crippen molar-refractivity contribution in [1.82, 2.24) is 19.7 Å². The number of hydrogen-bond acceptors (Lipinski definition) is 6. The molecular weight excluding hydrogens is 284 g/mol. The van der Waals surface area contributed by atoms with E-state index in [2.05, 4.69) is 15.2 Å². The number of para-hydroxylation sites is 1. The van der Waals surface area contributed by atoms with Gasteiger partial charge in [-0.15, -0.1) is 10.2 Å². The highest BCUT2D eigenvalue weighted by molar-refractivity contribution is 6.01. The highest BCUT2D eigenvalue weighted by Gasteiger charge is 2.14. The third-order valence-electron chi connectivity index (χ3n) is 3.47. The highest BCUT2D eigenvalue weighted by atomic mass is 16.4. The quantitative estimate of drug-likeness (QED) is 0.575. The number of fused-ring (bicyclic) bond motifs is 3. The Hall–Kier alpha value is -2.96. The number of aryl methyl sites for hydroxylation is 1. The third kappa shape index (κ3) is 1.90. The first-order chi connectivity index (χ1) is 10.8. The smallest absolute Gasteiger partial charge is 0.297 e. The lowest BCUT2D eigenvalue weighted by molar-refractivity contribution is 0.438. The van der Waals surface area contributed by atoms with Crippen LogP contribution in [-0.2, 0) is 13.0 Å². The molecule has 0 amide bonds. The zero-order chi connectivity index (χ0) is 15.1. The number of nitrogens with zero attached hydrogens (tertiary/aromatic N) is 4.